The Balaban J connectivity index is 1.90. The van der Waals surface area contributed by atoms with Gasteiger partial charge in [0.1, 0.15) is 16.3 Å². The number of nitrogens with zero attached hydrogens (tertiary/aromatic N) is 1. The normalized spacial score (nSPS) is 19.2. The van der Waals surface area contributed by atoms with E-state index in [1.54, 1.807) is 18.2 Å². The summed E-state index contributed by atoms with van der Waals surface area (Å²) in [6, 6.07) is 3.52. The van der Waals surface area contributed by atoms with Crippen molar-refractivity contribution in [3.63, 3.8) is 0 Å². The molecule has 0 saturated carbocycles. The number of fused-ring (bicyclic) bond motifs is 2. The van der Waals surface area contributed by atoms with Crippen molar-refractivity contribution in [1.29, 1.82) is 0 Å². The lowest BCUT2D eigenvalue weighted by Gasteiger charge is -2.25. The summed E-state index contributed by atoms with van der Waals surface area (Å²) in [6.07, 6.45) is 1.22. The molecule has 1 aromatic carbocycles. The van der Waals surface area contributed by atoms with Gasteiger partial charge in [0.25, 0.3) is 5.91 Å². The summed E-state index contributed by atoms with van der Waals surface area (Å²) in [7, 11) is 0. The van der Waals surface area contributed by atoms with Crippen molar-refractivity contribution in [1.82, 2.24) is 5.32 Å². The van der Waals surface area contributed by atoms with Gasteiger partial charge in [-0.2, -0.15) is 4.99 Å². The van der Waals surface area contributed by atoms with E-state index >= 15 is 0 Å². The molecule has 122 valence electrons. The van der Waals surface area contributed by atoms with Gasteiger partial charge in [-0.3, -0.25) is 4.79 Å². The van der Waals surface area contributed by atoms with Crippen molar-refractivity contribution in [2.45, 2.75) is 26.6 Å². The summed E-state index contributed by atoms with van der Waals surface area (Å²) in [6.45, 7) is 4.79. The predicted octanol–water partition coefficient (Wildman–Crippen LogP) is 2.34. The molecule has 1 atom stereocenters. The van der Waals surface area contributed by atoms with E-state index in [9.17, 15) is 9.90 Å². The van der Waals surface area contributed by atoms with E-state index < -0.39 is 12.3 Å². The lowest BCUT2D eigenvalue weighted by Crippen LogP contribution is -2.43. The Bertz CT molecular complexity index is 712. The zero-order chi connectivity index (χ0) is 16.6. The fraction of sp³-hybridized carbons (Fsp3) is 0.375. The molecule has 23 heavy (non-hydrogen) atoms. The fourth-order valence-corrected chi connectivity index (χ4v) is 2.52. The number of nitrogens with one attached hydrogen (secondary N) is 1. The van der Waals surface area contributed by atoms with Crippen LogP contribution in [0.25, 0.3) is 6.08 Å². The average molecular weight is 337 g/mol. The van der Waals surface area contributed by atoms with E-state index in [2.05, 4.69) is 24.2 Å². The molecule has 1 amide bonds. The zero-order valence-electron chi connectivity index (χ0n) is 12.8. The Kier molecular flexibility index (Phi) is 4.28. The number of rotatable bonds is 4. The highest BCUT2D eigenvalue weighted by atomic mass is 35.5. The molecule has 0 radical (unpaired) electrons. The Morgan fingerprint density at radius 3 is 3.00 bits per heavy atom. The molecule has 1 unspecified atom stereocenters. The third kappa shape index (κ3) is 3.18. The highest BCUT2D eigenvalue weighted by Gasteiger charge is 2.31. The molecule has 3 rings (SSSR count). The molecular weight excluding hydrogens is 320 g/mol. The highest BCUT2D eigenvalue weighted by molar-refractivity contribution is 6.35. The van der Waals surface area contributed by atoms with Crippen molar-refractivity contribution in [3.8, 4) is 11.5 Å². The lowest BCUT2D eigenvalue weighted by atomic mass is 10.0. The van der Waals surface area contributed by atoms with Gasteiger partial charge in [0.15, 0.2) is 5.75 Å². The van der Waals surface area contributed by atoms with Crippen LogP contribution in [0.15, 0.2) is 22.7 Å². The minimum Gasteiger partial charge on any atom is -0.492 e. The topological polar surface area (TPSA) is 80.2 Å². The maximum atomic E-state index is 11.8. The summed E-state index contributed by atoms with van der Waals surface area (Å²) >= 11 is 6.35. The Morgan fingerprint density at radius 2 is 2.26 bits per heavy atom. The molecule has 0 saturated heterocycles. The van der Waals surface area contributed by atoms with Crippen LogP contribution in [0, 0.1) is 5.92 Å². The van der Waals surface area contributed by atoms with Crippen LogP contribution in [0.5, 0.6) is 11.5 Å². The molecule has 7 heteroatoms. The molecule has 1 aromatic rings. The number of aliphatic hydroxyl groups is 1. The third-order valence-corrected chi connectivity index (χ3v) is 3.88. The van der Waals surface area contributed by atoms with Crippen LogP contribution in [-0.4, -0.2) is 29.9 Å². The summed E-state index contributed by atoms with van der Waals surface area (Å²) < 4.78 is 11.3. The molecule has 0 aliphatic carbocycles. The largest absolute Gasteiger partial charge is 0.492 e. The van der Waals surface area contributed by atoms with Crippen molar-refractivity contribution < 1.29 is 19.4 Å². The van der Waals surface area contributed by atoms with Gasteiger partial charge in [-0.15, -0.1) is 0 Å². The molecule has 2 aliphatic heterocycles. The molecule has 0 fully saturated rings. The highest BCUT2D eigenvalue weighted by Crippen LogP contribution is 2.41. The van der Waals surface area contributed by atoms with Crippen LogP contribution in [0.1, 0.15) is 25.8 Å². The molecule has 0 spiro atoms. The van der Waals surface area contributed by atoms with Crippen molar-refractivity contribution in [3.05, 3.63) is 28.3 Å². The standard InChI is InChI=1S/C16H17ClN2O4/c1-8(2)5-6-22-11-4-3-9-7-10-14(20)18-16(21)19-15(10)23-13(9)12(11)17/h3-4,7-8,16,21H,5-6H2,1-2H3,(H,18,20). The van der Waals surface area contributed by atoms with Crippen LogP contribution in [-0.2, 0) is 4.79 Å². The van der Waals surface area contributed by atoms with E-state index in [0.29, 0.717) is 34.6 Å². The van der Waals surface area contributed by atoms with Crippen LogP contribution in [0.2, 0.25) is 5.02 Å². The first-order chi connectivity index (χ1) is 11.0. The van der Waals surface area contributed by atoms with Gasteiger partial charge in [0.05, 0.1) is 6.61 Å². The second-order valence-electron chi connectivity index (χ2n) is 5.77. The van der Waals surface area contributed by atoms with Gasteiger partial charge in [-0.25, -0.2) is 0 Å². The molecule has 0 bridgehead atoms. The summed E-state index contributed by atoms with van der Waals surface area (Å²) in [4.78, 5) is 15.7. The number of hydrogen-bond acceptors (Lipinski definition) is 5. The predicted molar refractivity (Wildman–Crippen MR) is 86.6 cm³/mol. The SMILES string of the molecule is CC(C)CCOc1ccc2c(c1Cl)OC1=NC(O)NC(=O)C1=C2. The van der Waals surface area contributed by atoms with Crippen molar-refractivity contribution in [2.75, 3.05) is 6.61 Å². The van der Waals surface area contributed by atoms with Crippen molar-refractivity contribution in [2.24, 2.45) is 10.9 Å². The van der Waals surface area contributed by atoms with Gasteiger partial charge < -0.3 is 19.9 Å². The van der Waals surface area contributed by atoms with Gasteiger partial charge in [-0.05, 0) is 30.5 Å². The second-order valence-corrected chi connectivity index (χ2v) is 6.15. The summed E-state index contributed by atoms with van der Waals surface area (Å²) in [5.41, 5.74) is 0.916. The van der Waals surface area contributed by atoms with E-state index in [0.717, 1.165) is 6.42 Å². The number of aliphatic imine (C=N–C) groups is 1. The number of aliphatic hydroxyl groups excluding tert-OH is 1. The molecular formula is C16H17ClN2O4. The van der Waals surface area contributed by atoms with Crippen LogP contribution in [0.4, 0.5) is 0 Å². The molecule has 2 N–H and O–H groups in total. The van der Waals surface area contributed by atoms with Gasteiger partial charge in [0.2, 0.25) is 12.2 Å². The second kappa shape index (κ2) is 6.22. The number of carbonyl (C=O) groups is 1. The van der Waals surface area contributed by atoms with E-state index in [-0.39, 0.29) is 11.5 Å². The lowest BCUT2D eigenvalue weighted by molar-refractivity contribution is -0.120. The quantitative estimate of drug-likeness (QED) is 0.884. The first-order valence-electron chi connectivity index (χ1n) is 7.37. The van der Waals surface area contributed by atoms with E-state index in [4.69, 9.17) is 21.1 Å². The minimum atomic E-state index is -1.32. The molecule has 2 aliphatic rings. The summed E-state index contributed by atoms with van der Waals surface area (Å²) in [5.74, 6) is 1.03. The first kappa shape index (κ1) is 15.8. The van der Waals surface area contributed by atoms with E-state index in [1.807, 2.05) is 0 Å². The number of amides is 1. The van der Waals surface area contributed by atoms with Gasteiger partial charge in [-0.1, -0.05) is 25.4 Å². The number of ether oxygens (including phenoxy) is 2. The van der Waals surface area contributed by atoms with Crippen LogP contribution >= 0.6 is 11.6 Å². The van der Waals surface area contributed by atoms with Crippen LogP contribution < -0.4 is 14.8 Å². The Morgan fingerprint density at radius 1 is 1.48 bits per heavy atom. The van der Waals surface area contributed by atoms with E-state index in [1.165, 1.54) is 0 Å². The Hall–Kier alpha value is -2.05. The fourth-order valence-electron chi connectivity index (χ4n) is 2.25. The van der Waals surface area contributed by atoms with Crippen LogP contribution in [0.3, 0.4) is 0 Å². The smallest absolute Gasteiger partial charge is 0.260 e. The maximum Gasteiger partial charge on any atom is 0.260 e. The summed E-state index contributed by atoms with van der Waals surface area (Å²) in [5, 5.41) is 12.1. The van der Waals surface area contributed by atoms with Gasteiger partial charge in [0, 0.05) is 5.56 Å². The first-order valence-corrected chi connectivity index (χ1v) is 7.75. The molecule has 0 aromatic heterocycles. The number of hydrogen-bond donors (Lipinski definition) is 2. The third-order valence-electron chi connectivity index (χ3n) is 3.52. The average Bonchev–Trinajstić information content (AvgIpc) is 2.48. The minimum absolute atomic E-state index is 0.0509. The molecule has 2 heterocycles. The zero-order valence-corrected chi connectivity index (χ0v) is 13.6. The molecule has 6 nitrogen and oxygen atoms in total. The van der Waals surface area contributed by atoms with Gasteiger partial charge >= 0.3 is 0 Å². The monoisotopic (exact) mass is 336 g/mol. The Labute approximate surface area is 138 Å². The number of carbonyl (C=O) groups excluding carboxylic acids is 1. The number of halogens is 1. The number of benzene rings is 1. The maximum absolute atomic E-state index is 11.8. The van der Waals surface area contributed by atoms with Crippen molar-refractivity contribution >= 4 is 29.5 Å².